The molecule has 0 fully saturated rings. The van der Waals surface area contributed by atoms with Gasteiger partial charge in [0.15, 0.2) is 5.78 Å². The molecule has 1 aliphatic heterocycles. The molecule has 5 heteroatoms. The topological polar surface area (TPSA) is 61.3 Å². The van der Waals surface area contributed by atoms with E-state index in [9.17, 15) is 4.79 Å². The fraction of sp³-hybridized carbons (Fsp3) is 0.214. The third kappa shape index (κ3) is 2.20. The summed E-state index contributed by atoms with van der Waals surface area (Å²) in [6.45, 7) is 1.19. The molecule has 5 nitrogen and oxygen atoms in total. The van der Waals surface area contributed by atoms with Crippen molar-refractivity contribution in [2.45, 2.75) is 13.2 Å². The Labute approximate surface area is 110 Å². The lowest BCUT2D eigenvalue weighted by Crippen LogP contribution is -2.04. The van der Waals surface area contributed by atoms with E-state index in [1.807, 2.05) is 12.1 Å². The summed E-state index contributed by atoms with van der Waals surface area (Å²) in [5.41, 5.74) is 3.28. The number of aromatic nitrogens is 2. The van der Waals surface area contributed by atoms with Gasteiger partial charge >= 0.3 is 6.01 Å². The number of fused-ring (bicyclic) bond motifs is 1. The van der Waals surface area contributed by atoms with E-state index in [1.165, 1.54) is 19.5 Å². The normalized spacial score (nSPS) is 13.1. The highest BCUT2D eigenvalue weighted by atomic mass is 16.5. The van der Waals surface area contributed by atoms with Gasteiger partial charge in [-0.3, -0.25) is 4.79 Å². The maximum absolute atomic E-state index is 12.3. The molecule has 1 aliphatic rings. The van der Waals surface area contributed by atoms with Crippen LogP contribution >= 0.6 is 0 Å². The van der Waals surface area contributed by atoms with Crippen LogP contribution < -0.4 is 4.74 Å². The number of hydrogen-bond donors (Lipinski definition) is 0. The molecule has 0 bridgehead atoms. The highest BCUT2D eigenvalue weighted by molar-refractivity contribution is 6.08. The van der Waals surface area contributed by atoms with E-state index in [4.69, 9.17) is 9.47 Å². The molecule has 0 amide bonds. The lowest BCUT2D eigenvalue weighted by molar-refractivity contribution is 0.103. The maximum atomic E-state index is 12.3. The summed E-state index contributed by atoms with van der Waals surface area (Å²) in [6, 6.07) is 5.86. The van der Waals surface area contributed by atoms with Crippen LogP contribution in [0.3, 0.4) is 0 Å². The van der Waals surface area contributed by atoms with Crippen molar-refractivity contribution < 1.29 is 14.3 Å². The number of methoxy groups -OCH3 is 1. The van der Waals surface area contributed by atoms with Gasteiger partial charge in [0.1, 0.15) is 0 Å². The highest BCUT2D eigenvalue weighted by Crippen LogP contribution is 2.22. The van der Waals surface area contributed by atoms with Crippen LogP contribution in [0.4, 0.5) is 0 Å². The summed E-state index contributed by atoms with van der Waals surface area (Å²) in [7, 11) is 1.48. The number of rotatable bonds is 3. The van der Waals surface area contributed by atoms with Gasteiger partial charge in [0.2, 0.25) is 0 Å². The Bertz CT molecular complexity index is 623. The third-order valence-corrected chi connectivity index (χ3v) is 3.06. The monoisotopic (exact) mass is 256 g/mol. The molecule has 0 atom stereocenters. The molecule has 0 unspecified atom stereocenters. The van der Waals surface area contributed by atoms with E-state index in [0.29, 0.717) is 24.3 Å². The average molecular weight is 256 g/mol. The fourth-order valence-corrected chi connectivity index (χ4v) is 2.02. The van der Waals surface area contributed by atoms with Gasteiger partial charge in [-0.1, -0.05) is 12.1 Å². The van der Waals surface area contributed by atoms with Gasteiger partial charge in [0.05, 0.1) is 25.9 Å². The van der Waals surface area contributed by atoms with E-state index in [2.05, 4.69) is 9.97 Å². The van der Waals surface area contributed by atoms with Crippen LogP contribution in [0.1, 0.15) is 27.0 Å². The lowest BCUT2D eigenvalue weighted by Gasteiger charge is -2.03. The van der Waals surface area contributed by atoms with Crippen LogP contribution in [-0.2, 0) is 18.0 Å². The van der Waals surface area contributed by atoms with E-state index in [-0.39, 0.29) is 11.8 Å². The first kappa shape index (κ1) is 11.8. The second-order valence-corrected chi connectivity index (χ2v) is 4.26. The van der Waals surface area contributed by atoms with Gasteiger partial charge in [0, 0.05) is 18.0 Å². The number of ketones is 1. The SMILES string of the molecule is COc1ncc(C(=O)c2ccc3c(c2)COC3)cn1. The van der Waals surface area contributed by atoms with Crippen molar-refractivity contribution in [3.05, 3.63) is 52.8 Å². The van der Waals surface area contributed by atoms with Crippen LogP contribution in [0.5, 0.6) is 6.01 Å². The Morgan fingerprint density at radius 3 is 2.63 bits per heavy atom. The summed E-state index contributed by atoms with van der Waals surface area (Å²) in [6.07, 6.45) is 2.94. The number of hydrogen-bond acceptors (Lipinski definition) is 5. The largest absolute Gasteiger partial charge is 0.467 e. The van der Waals surface area contributed by atoms with Crippen molar-refractivity contribution in [2.24, 2.45) is 0 Å². The third-order valence-electron chi connectivity index (χ3n) is 3.06. The minimum absolute atomic E-state index is 0.0997. The van der Waals surface area contributed by atoms with Gasteiger partial charge in [-0.05, 0) is 17.2 Å². The van der Waals surface area contributed by atoms with Crippen molar-refractivity contribution in [1.29, 1.82) is 0 Å². The maximum Gasteiger partial charge on any atom is 0.316 e. The van der Waals surface area contributed by atoms with Crippen LogP contribution in [-0.4, -0.2) is 22.9 Å². The molecule has 0 spiro atoms. The number of carbonyl (C=O) groups excluding carboxylic acids is 1. The fourth-order valence-electron chi connectivity index (χ4n) is 2.02. The van der Waals surface area contributed by atoms with E-state index < -0.39 is 0 Å². The molecule has 2 heterocycles. The Hall–Kier alpha value is -2.27. The zero-order valence-corrected chi connectivity index (χ0v) is 10.4. The van der Waals surface area contributed by atoms with Gasteiger partial charge < -0.3 is 9.47 Å². The molecule has 1 aromatic carbocycles. The molecule has 96 valence electrons. The zero-order valence-electron chi connectivity index (χ0n) is 10.4. The second kappa shape index (κ2) is 4.78. The first-order chi connectivity index (χ1) is 9.28. The van der Waals surface area contributed by atoms with Crippen molar-refractivity contribution in [2.75, 3.05) is 7.11 Å². The molecule has 0 N–H and O–H groups in total. The zero-order chi connectivity index (χ0) is 13.2. The van der Waals surface area contributed by atoms with Crippen LogP contribution in [0, 0.1) is 0 Å². The number of benzene rings is 1. The second-order valence-electron chi connectivity index (χ2n) is 4.26. The molecule has 0 aliphatic carbocycles. The molecular weight excluding hydrogens is 244 g/mol. The minimum atomic E-state index is -0.0997. The molecule has 2 aromatic rings. The molecule has 0 radical (unpaired) electrons. The number of nitrogens with zero attached hydrogens (tertiary/aromatic N) is 2. The smallest absolute Gasteiger partial charge is 0.316 e. The molecular formula is C14H12N2O3. The molecule has 0 saturated heterocycles. The summed E-state index contributed by atoms with van der Waals surface area (Å²) in [5, 5.41) is 0. The van der Waals surface area contributed by atoms with Crippen molar-refractivity contribution in [3.63, 3.8) is 0 Å². The van der Waals surface area contributed by atoms with E-state index in [1.54, 1.807) is 6.07 Å². The van der Waals surface area contributed by atoms with Gasteiger partial charge in [-0.25, -0.2) is 9.97 Å². The predicted octanol–water partition coefficient (Wildman–Crippen LogP) is 1.75. The Balaban J connectivity index is 1.90. The van der Waals surface area contributed by atoms with Crippen LogP contribution in [0.2, 0.25) is 0 Å². The Morgan fingerprint density at radius 2 is 1.89 bits per heavy atom. The first-order valence-corrected chi connectivity index (χ1v) is 5.88. The van der Waals surface area contributed by atoms with Crippen molar-refractivity contribution in [1.82, 2.24) is 9.97 Å². The summed E-state index contributed by atoms with van der Waals surface area (Å²) >= 11 is 0. The van der Waals surface area contributed by atoms with Crippen molar-refractivity contribution >= 4 is 5.78 Å². The van der Waals surface area contributed by atoms with Gasteiger partial charge in [0.25, 0.3) is 0 Å². The van der Waals surface area contributed by atoms with Crippen LogP contribution in [0.15, 0.2) is 30.6 Å². The summed E-state index contributed by atoms with van der Waals surface area (Å²) in [4.78, 5) is 20.2. The van der Waals surface area contributed by atoms with Crippen LogP contribution in [0.25, 0.3) is 0 Å². The quantitative estimate of drug-likeness (QED) is 0.783. The van der Waals surface area contributed by atoms with E-state index in [0.717, 1.165) is 11.1 Å². The van der Waals surface area contributed by atoms with Gasteiger partial charge in [-0.15, -0.1) is 0 Å². The number of carbonyl (C=O) groups is 1. The number of ether oxygens (including phenoxy) is 2. The molecule has 0 saturated carbocycles. The molecule has 1 aromatic heterocycles. The van der Waals surface area contributed by atoms with E-state index >= 15 is 0 Å². The molecule has 19 heavy (non-hydrogen) atoms. The Kier molecular flexibility index (Phi) is 2.97. The minimum Gasteiger partial charge on any atom is -0.467 e. The Morgan fingerprint density at radius 1 is 1.16 bits per heavy atom. The average Bonchev–Trinajstić information content (AvgIpc) is 2.94. The lowest BCUT2D eigenvalue weighted by atomic mass is 10.0. The first-order valence-electron chi connectivity index (χ1n) is 5.88. The molecule has 3 rings (SSSR count). The summed E-state index contributed by atoms with van der Waals surface area (Å²) in [5.74, 6) is -0.0997. The standard InChI is InChI=1S/C14H12N2O3/c1-18-14-15-5-12(6-16-14)13(17)9-2-3-10-7-19-8-11(10)4-9/h2-6H,7-8H2,1H3. The summed E-state index contributed by atoms with van der Waals surface area (Å²) < 4.78 is 10.2. The van der Waals surface area contributed by atoms with Gasteiger partial charge in [-0.2, -0.15) is 0 Å². The predicted molar refractivity (Wildman–Crippen MR) is 67.0 cm³/mol. The highest BCUT2D eigenvalue weighted by Gasteiger charge is 2.16. The van der Waals surface area contributed by atoms with Crippen molar-refractivity contribution in [3.8, 4) is 6.01 Å².